The molecule has 1 fully saturated rings. The molecule has 3 rings (SSSR count). The van der Waals surface area contributed by atoms with Crippen molar-refractivity contribution in [2.75, 3.05) is 18.3 Å². The second-order valence-electron chi connectivity index (χ2n) is 5.27. The number of benzene rings is 2. The number of rotatable bonds is 4. The number of nitrogens with zero attached hydrogens (tertiary/aromatic N) is 1. The van der Waals surface area contributed by atoms with Gasteiger partial charge < -0.3 is 9.84 Å². The normalized spacial score (nSPS) is 15.8. The standard InChI is InChI=1S/C18H14BrNO3S3/c1-23-14-7-10(6-13(19)16(14)21)8-15-17(22)20(18(24)26-15)11-4-3-5-12(9-11)25-2/h3-9,21H,1-2H3/b15-8+. The van der Waals surface area contributed by atoms with Crippen molar-refractivity contribution in [3.8, 4) is 11.5 Å². The Hall–Kier alpha value is -1.48. The number of carbonyl (C=O) groups excluding carboxylic acids is 1. The van der Waals surface area contributed by atoms with E-state index in [-0.39, 0.29) is 11.7 Å². The van der Waals surface area contributed by atoms with Gasteiger partial charge in [-0.2, -0.15) is 0 Å². The molecule has 1 aliphatic rings. The van der Waals surface area contributed by atoms with E-state index in [1.165, 1.54) is 23.8 Å². The number of amides is 1. The number of thioether (sulfide) groups is 2. The van der Waals surface area contributed by atoms with Crippen LogP contribution in [-0.4, -0.2) is 28.7 Å². The van der Waals surface area contributed by atoms with Crippen LogP contribution in [0.15, 0.2) is 50.7 Å². The Bertz CT molecular complexity index is 930. The SMILES string of the molecule is COc1cc(/C=C2/SC(=S)N(c3cccc(SC)c3)C2=O)cc(Br)c1O. The molecule has 8 heteroatoms. The van der Waals surface area contributed by atoms with E-state index < -0.39 is 0 Å². The van der Waals surface area contributed by atoms with Crippen LogP contribution in [0.3, 0.4) is 0 Å². The van der Waals surface area contributed by atoms with Crippen LogP contribution < -0.4 is 9.64 Å². The lowest BCUT2D eigenvalue weighted by atomic mass is 10.2. The predicted molar refractivity (Wildman–Crippen MR) is 116 cm³/mol. The fourth-order valence-electron chi connectivity index (χ4n) is 2.42. The van der Waals surface area contributed by atoms with E-state index in [0.29, 0.717) is 19.4 Å². The highest BCUT2D eigenvalue weighted by atomic mass is 79.9. The molecule has 4 nitrogen and oxygen atoms in total. The summed E-state index contributed by atoms with van der Waals surface area (Å²) in [6.45, 7) is 0. The van der Waals surface area contributed by atoms with Gasteiger partial charge in [0.25, 0.3) is 5.91 Å². The fraction of sp³-hybridized carbons (Fsp3) is 0.111. The van der Waals surface area contributed by atoms with Crippen molar-refractivity contribution in [1.29, 1.82) is 0 Å². The summed E-state index contributed by atoms with van der Waals surface area (Å²) in [4.78, 5) is 16.0. The Balaban J connectivity index is 1.96. The molecule has 1 heterocycles. The van der Waals surface area contributed by atoms with Gasteiger partial charge in [0, 0.05) is 4.90 Å². The minimum Gasteiger partial charge on any atom is -0.503 e. The molecule has 26 heavy (non-hydrogen) atoms. The molecule has 1 saturated heterocycles. The third-order valence-corrected chi connectivity index (χ3v) is 6.31. The number of hydrogen-bond acceptors (Lipinski definition) is 6. The highest BCUT2D eigenvalue weighted by Gasteiger charge is 2.33. The summed E-state index contributed by atoms with van der Waals surface area (Å²) in [6, 6.07) is 11.1. The van der Waals surface area contributed by atoms with Crippen molar-refractivity contribution in [3.05, 3.63) is 51.3 Å². The highest BCUT2D eigenvalue weighted by molar-refractivity contribution is 9.10. The van der Waals surface area contributed by atoms with Crippen molar-refractivity contribution < 1.29 is 14.6 Å². The number of aromatic hydroxyl groups is 1. The molecule has 1 N–H and O–H groups in total. The van der Waals surface area contributed by atoms with Gasteiger partial charge in [0.2, 0.25) is 0 Å². The van der Waals surface area contributed by atoms with E-state index in [9.17, 15) is 9.90 Å². The molecule has 1 aliphatic heterocycles. The molecule has 0 spiro atoms. The number of halogens is 1. The number of thiocarbonyl (C=S) groups is 1. The summed E-state index contributed by atoms with van der Waals surface area (Å²) in [6.07, 6.45) is 3.73. The zero-order valence-electron chi connectivity index (χ0n) is 13.9. The number of hydrogen-bond donors (Lipinski definition) is 1. The lowest BCUT2D eigenvalue weighted by molar-refractivity contribution is -0.113. The Morgan fingerprint density at radius 1 is 1.35 bits per heavy atom. The third kappa shape index (κ3) is 3.78. The lowest BCUT2D eigenvalue weighted by Gasteiger charge is -2.15. The van der Waals surface area contributed by atoms with Crippen LogP contribution in [-0.2, 0) is 4.79 Å². The minimum atomic E-state index is -0.165. The summed E-state index contributed by atoms with van der Waals surface area (Å²) < 4.78 is 6.14. The summed E-state index contributed by atoms with van der Waals surface area (Å²) in [7, 11) is 1.48. The molecular formula is C18H14BrNO3S3. The van der Waals surface area contributed by atoms with Crippen molar-refractivity contribution in [2.24, 2.45) is 0 Å². The van der Waals surface area contributed by atoms with Gasteiger partial charge in [-0.25, -0.2) is 0 Å². The maximum atomic E-state index is 12.9. The maximum absolute atomic E-state index is 12.9. The van der Waals surface area contributed by atoms with Crippen molar-refractivity contribution in [3.63, 3.8) is 0 Å². The zero-order valence-corrected chi connectivity index (χ0v) is 17.9. The average Bonchev–Trinajstić information content (AvgIpc) is 2.91. The third-order valence-electron chi connectivity index (χ3n) is 3.67. The van der Waals surface area contributed by atoms with Gasteiger partial charge in [-0.3, -0.25) is 9.69 Å². The first-order valence-electron chi connectivity index (χ1n) is 7.43. The number of methoxy groups -OCH3 is 1. The Morgan fingerprint density at radius 3 is 2.81 bits per heavy atom. The Morgan fingerprint density at radius 2 is 2.12 bits per heavy atom. The molecule has 0 saturated carbocycles. The molecule has 0 aromatic heterocycles. The molecule has 1 amide bonds. The van der Waals surface area contributed by atoms with Gasteiger partial charge >= 0.3 is 0 Å². The fourth-order valence-corrected chi connectivity index (χ4v) is 4.64. The van der Waals surface area contributed by atoms with Gasteiger partial charge in [-0.1, -0.05) is 30.0 Å². The molecule has 0 unspecified atom stereocenters. The number of phenols is 1. The minimum absolute atomic E-state index is 0.0195. The Labute approximate surface area is 173 Å². The van der Waals surface area contributed by atoms with Crippen molar-refractivity contribution in [2.45, 2.75) is 4.90 Å². The maximum Gasteiger partial charge on any atom is 0.270 e. The smallest absolute Gasteiger partial charge is 0.270 e. The van der Waals surface area contributed by atoms with Gasteiger partial charge in [-0.15, -0.1) is 11.8 Å². The first-order valence-corrected chi connectivity index (χ1v) is 10.7. The van der Waals surface area contributed by atoms with Gasteiger partial charge in [0.15, 0.2) is 15.8 Å². The average molecular weight is 468 g/mol. The summed E-state index contributed by atoms with van der Waals surface area (Å²) >= 11 is 11.6. The van der Waals surface area contributed by atoms with Crippen LogP contribution in [0.2, 0.25) is 0 Å². The zero-order chi connectivity index (χ0) is 18.8. The molecular weight excluding hydrogens is 454 g/mol. The summed E-state index contributed by atoms with van der Waals surface area (Å²) in [5.41, 5.74) is 1.48. The topological polar surface area (TPSA) is 49.8 Å². The molecule has 0 radical (unpaired) electrons. The first kappa shape index (κ1) is 19.3. The van der Waals surface area contributed by atoms with Crippen molar-refractivity contribution in [1.82, 2.24) is 0 Å². The van der Waals surface area contributed by atoms with E-state index in [1.807, 2.05) is 30.5 Å². The van der Waals surface area contributed by atoms with E-state index in [0.717, 1.165) is 16.1 Å². The number of ether oxygens (including phenoxy) is 1. The van der Waals surface area contributed by atoms with Crippen LogP contribution >= 0.6 is 51.7 Å². The van der Waals surface area contributed by atoms with Gasteiger partial charge in [0.05, 0.1) is 22.2 Å². The van der Waals surface area contributed by atoms with Gasteiger partial charge in [-0.05, 0) is 64.2 Å². The van der Waals surface area contributed by atoms with Crippen LogP contribution in [0.25, 0.3) is 6.08 Å². The van der Waals surface area contributed by atoms with Crippen molar-refractivity contribution >= 4 is 73.7 Å². The van der Waals surface area contributed by atoms with E-state index in [2.05, 4.69) is 15.9 Å². The van der Waals surface area contributed by atoms with Crippen LogP contribution in [0.1, 0.15) is 5.56 Å². The second kappa shape index (κ2) is 8.04. The quantitative estimate of drug-likeness (QED) is 0.374. The molecule has 2 aromatic carbocycles. The molecule has 2 aromatic rings. The molecule has 0 atom stereocenters. The monoisotopic (exact) mass is 467 g/mol. The molecule has 134 valence electrons. The van der Waals surface area contributed by atoms with Crippen LogP contribution in [0.4, 0.5) is 5.69 Å². The van der Waals surface area contributed by atoms with E-state index >= 15 is 0 Å². The second-order valence-corrected chi connectivity index (χ2v) is 8.68. The largest absolute Gasteiger partial charge is 0.503 e. The molecule has 0 aliphatic carbocycles. The first-order chi connectivity index (χ1) is 12.4. The van der Waals surface area contributed by atoms with E-state index in [1.54, 1.807) is 30.0 Å². The van der Waals surface area contributed by atoms with E-state index in [4.69, 9.17) is 17.0 Å². The van der Waals surface area contributed by atoms with Gasteiger partial charge in [0.1, 0.15) is 0 Å². The molecule has 0 bridgehead atoms. The summed E-state index contributed by atoms with van der Waals surface area (Å²) in [5, 5.41) is 9.92. The number of anilines is 1. The Kier molecular flexibility index (Phi) is 5.96. The summed E-state index contributed by atoms with van der Waals surface area (Å²) in [5.74, 6) is 0.182. The lowest BCUT2D eigenvalue weighted by Crippen LogP contribution is -2.27. The number of phenolic OH excluding ortho intramolecular Hbond substituents is 1. The predicted octanol–water partition coefficient (Wildman–Crippen LogP) is 5.29. The number of carbonyl (C=O) groups is 1. The van der Waals surface area contributed by atoms with Crippen LogP contribution in [0, 0.1) is 0 Å². The highest BCUT2D eigenvalue weighted by Crippen LogP contribution is 2.39. The van der Waals surface area contributed by atoms with Crippen LogP contribution in [0.5, 0.6) is 11.5 Å².